The van der Waals surface area contributed by atoms with Crippen molar-refractivity contribution >= 4 is 34.5 Å². The molecule has 1 saturated heterocycles. The van der Waals surface area contributed by atoms with E-state index in [1.54, 1.807) is 11.8 Å². The molecule has 2 aliphatic rings. The fraction of sp³-hybridized carbons (Fsp3) is 0.565. The van der Waals surface area contributed by atoms with E-state index < -0.39 is 0 Å². The summed E-state index contributed by atoms with van der Waals surface area (Å²) in [5, 5.41) is 4.31. The van der Waals surface area contributed by atoms with Crippen LogP contribution < -0.4 is 5.32 Å². The number of thioether (sulfide) groups is 1. The summed E-state index contributed by atoms with van der Waals surface area (Å²) in [6, 6.07) is 8.52. The summed E-state index contributed by atoms with van der Waals surface area (Å²) in [5.41, 5.74) is 1.06. The number of likely N-dealkylation sites (tertiary alicyclic amines) is 1. The van der Waals surface area contributed by atoms with Crippen LogP contribution in [0.2, 0.25) is 0 Å². The number of hydrogen-bond acceptors (Lipinski definition) is 3. The molecule has 0 radical (unpaired) electrons. The first-order chi connectivity index (χ1) is 14.2. The number of rotatable bonds is 6. The molecule has 1 N–H and O–H groups in total. The van der Waals surface area contributed by atoms with Gasteiger partial charge in [0.05, 0.1) is 5.75 Å². The Kier molecular flexibility index (Phi) is 6.80. The highest BCUT2D eigenvalue weighted by Crippen LogP contribution is 2.30. The molecule has 0 atom stereocenters. The molecule has 4 rings (SSSR count). The van der Waals surface area contributed by atoms with Gasteiger partial charge < -0.3 is 14.8 Å². The minimum Gasteiger partial charge on any atom is -0.353 e. The molecule has 1 saturated carbocycles. The second-order valence-electron chi connectivity index (χ2n) is 8.27. The van der Waals surface area contributed by atoms with Crippen molar-refractivity contribution in [3.8, 4) is 0 Å². The zero-order valence-electron chi connectivity index (χ0n) is 17.1. The van der Waals surface area contributed by atoms with Gasteiger partial charge in [-0.3, -0.25) is 9.59 Å². The van der Waals surface area contributed by atoms with Crippen molar-refractivity contribution in [3.63, 3.8) is 0 Å². The Balaban J connectivity index is 1.41. The molecule has 29 heavy (non-hydrogen) atoms. The van der Waals surface area contributed by atoms with Gasteiger partial charge >= 0.3 is 0 Å². The Morgan fingerprint density at radius 1 is 1.00 bits per heavy atom. The van der Waals surface area contributed by atoms with Crippen molar-refractivity contribution in [3.05, 3.63) is 30.5 Å². The van der Waals surface area contributed by atoms with Crippen molar-refractivity contribution < 1.29 is 9.59 Å². The smallest absolute Gasteiger partial charge is 0.242 e. The molecular formula is C23H31N3O2S. The number of amides is 2. The van der Waals surface area contributed by atoms with Crippen LogP contribution in [-0.4, -0.2) is 46.2 Å². The number of nitrogens with zero attached hydrogens (tertiary/aromatic N) is 2. The molecule has 0 bridgehead atoms. The molecule has 1 aliphatic heterocycles. The predicted octanol–water partition coefficient (Wildman–Crippen LogP) is 4.19. The van der Waals surface area contributed by atoms with Crippen molar-refractivity contribution in [1.82, 2.24) is 14.8 Å². The van der Waals surface area contributed by atoms with Crippen LogP contribution in [0.3, 0.4) is 0 Å². The summed E-state index contributed by atoms with van der Waals surface area (Å²) in [4.78, 5) is 28.2. The third-order valence-corrected chi connectivity index (χ3v) is 7.14. The second-order valence-corrected chi connectivity index (χ2v) is 9.29. The summed E-state index contributed by atoms with van der Waals surface area (Å²) in [7, 11) is 0. The number of carbonyl (C=O) groups excluding carboxylic acids is 2. The standard InChI is InChI=1S/C23H31N3O2S/c27-22(24-18-9-3-1-4-10-18)17-29-21-15-26(20-12-6-5-11-19(20)21)16-23(28)25-13-7-2-8-14-25/h5-6,11-12,15,18H,1-4,7-10,13-14,16-17H2,(H,24,27). The average Bonchev–Trinajstić information content (AvgIpc) is 3.11. The Bertz CT molecular complexity index is 851. The fourth-order valence-corrected chi connectivity index (χ4v) is 5.41. The summed E-state index contributed by atoms with van der Waals surface area (Å²) in [5.74, 6) is 0.727. The summed E-state index contributed by atoms with van der Waals surface area (Å²) < 4.78 is 2.05. The topological polar surface area (TPSA) is 54.3 Å². The van der Waals surface area contributed by atoms with Gasteiger partial charge in [0.1, 0.15) is 6.54 Å². The van der Waals surface area contributed by atoms with Gasteiger partial charge in [0.15, 0.2) is 0 Å². The molecule has 2 heterocycles. The Morgan fingerprint density at radius 3 is 2.52 bits per heavy atom. The number of fused-ring (bicyclic) bond motifs is 1. The molecule has 0 unspecified atom stereocenters. The molecule has 2 fully saturated rings. The lowest BCUT2D eigenvalue weighted by molar-refractivity contribution is -0.132. The molecule has 2 aromatic rings. The molecule has 156 valence electrons. The first-order valence-corrected chi connectivity index (χ1v) is 12.0. The zero-order chi connectivity index (χ0) is 20.1. The van der Waals surface area contributed by atoms with Gasteiger partial charge in [-0.25, -0.2) is 0 Å². The number of nitrogens with one attached hydrogen (secondary N) is 1. The highest BCUT2D eigenvalue weighted by Gasteiger charge is 2.19. The van der Waals surface area contributed by atoms with E-state index in [1.165, 1.54) is 25.7 Å². The lowest BCUT2D eigenvalue weighted by atomic mass is 9.95. The zero-order valence-corrected chi connectivity index (χ0v) is 17.9. The predicted molar refractivity (Wildman–Crippen MR) is 118 cm³/mol. The maximum absolute atomic E-state index is 12.7. The summed E-state index contributed by atoms with van der Waals surface area (Å²) in [6.07, 6.45) is 11.4. The second kappa shape index (κ2) is 9.70. The van der Waals surface area contributed by atoms with Gasteiger partial charge in [0, 0.05) is 41.1 Å². The van der Waals surface area contributed by atoms with Crippen LogP contribution in [0.1, 0.15) is 51.4 Å². The van der Waals surface area contributed by atoms with Crippen LogP contribution in [0.4, 0.5) is 0 Å². The van der Waals surface area contributed by atoms with E-state index in [0.29, 0.717) is 18.3 Å². The van der Waals surface area contributed by atoms with Crippen molar-refractivity contribution in [2.45, 2.75) is 68.8 Å². The van der Waals surface area contributed by atoms with E-state index in [4.69, 9.17) is 0 Å². The van der Waals surface area contributed by atoms with Crippen LogP contribution >= 0.6 is 11.8 Å². The largest absolute Gasteiger partial charge is 0.353 e. The summed E-state index contributed by atoms with van der Waals surface area (Å²) in [6.45, 7) is 2.12. The summed E-state index contributed by atoms with van der Waals surface area (Å²) >= 11 is 1.57. The number of carbonyl (C=O) groups is 2. The number of aromatic nitrogens is 1. The average molecular weight is 414 g/mol. The minimum absolute atomic E-state index is 0.114. The van der Waals surface area contributed by atoms with Crippen LogP contribution in [0.5, 0.6) is 0 Å². The van der Waals surface area contributed by atoms with Crippen LogP contribution in [0.25, 0.3) is 10.9 Å². The normalized spacial score (nSPS) is 18.1. The molecule has 2 amide bonds. The number of benzene rings is 1. The molecule has 0 spiro atoms. The maximum Gasteiger partial charge on any atom is 0.242 e. The van der Waals surface area contributed by atoms with E-state index in [0.717, 1.165) is 54.6 Å². The van der Waals surface area contributed by atoms with Gasteiger partial charge in [-0.2, -0.15) is 0 Å². The van der Waals surface area contributed by atoms with Crippen LogP contribution in [0.15, 0.2) is 35.4 Å². The number of para-hydroxylation sites is 1. The fourth-order valence-electron chi connectivity index (χ4n) is 4.51. The number of piperidine rings is 1. The Hall–Kier alpha value is -1.95. The van der Waals surface area contributed by atoms with Gasteiger partial charge in [-0.15, -0.1) is 11.8 Å². The lowest BCUT2D eigenvalue weighted by Gasteiger charge is -2.27. The highest BCUT2D eigenvalue weighted by atomic mass is 32.2. The van der Waals surface area contributed by atoms with E-state index in [-0.39, 0.29) is 11.8 Å². The Labute approximate surface area is 177 Å². The van der Waals surface area contributed by atoms with Gasteiger partial charge in [-0.1, -0.05) is 37.5 Å². The lowest BCUT2D eigenvalue weighted by Crippen LogP contribution is -2.37. The molecule has 1 aromatic carbocycles. The number of hydrogen-bond donors (Lipinski definition) is 1. The first kappa shape index (κ1) is 20.3. The third-order valence-electron chi connectivity index (χ3n) is 6.10. The molecule has 6 heteroatoms. The molecule has 1 aromatic heterocycles. The van der Waals surface area contributed by atoms with Gasteiger partial charge in [0.25, 0.3) is 0 Å². The van der Waals surface area contributed by atoms with E-state index in [9.17, 15) is 9.59 Å². The quantitative estimate of drug-likeness (QED) is 0.723. The van der Waals surface area contributed by atoms with Crippen molar-refractivity contribution in [2.75, 3.05) is 18.8 Å². The van der Waals surface area contributed by atoms with E-state index in [1.807, 2.05) is 27.8 Å². The van der Waals surface area contributed by atoms with Crippen molar-refractivity contribution in [1.29, 1.82) is 0 Å². The van der Waals surface area contributed by atoms with Crippen LogP contribution in [0, 0.1) is 0 Å². The van der Waals surface area contributed by atoms with E-state index >= 15 is 0 Å². The Morgan fingerprint density at radius 2 is 1.72 bits per heavy atom. The SMILES string of the molecule is O=C(CSc1cn(CC(=O)N2CCCCC2)c2ccccc12)NC1CCCCC1. The van der Waals surface area contributed by atoms with E-state index in [2.05, 4.69) is 17.4 Å². The third kappa shape index (κ3) is 5.16. The maximum atomic E-state index is 12.7. The van der Waals surface area contributed by atoms with Gasteiger partial charge in [0.2, 0.25) is 11.8 Å². The minimum atomic E-state index is 0.114. The van der Waals surface area contributed by atoms with Crippen molar-refractivity contribution in [2.24, 2.45) is 0 Å². The first-order valence-electron chi connectivity index (χ1n) is 11.0. The molecular weight excluding hydrogens is 382 g/mol. The van der Waals surface area contributed by atoms with Gasteiger partial charge in [-0.05, 0) is 38.2 Å². The monoisotopic (exact) mass is 413 g/mol. The molecule has 5 nitrogen and oxygen atoms in total. The molecule has 1 aliphatic carbocycles. The highest BCUT2D eigenvalue weighted by molar-refractivity contribution is 8.00. The van der Waals surface area contributed by atoms with Crippen LogP contribution in [-0.2, 0) is 16.1 Å².